The van der Waals surface area contributed by atoms with Gasteiger partial charge in [-0.3, -0.25) is 9.79 Å². The molecule has 6 nitrogen and oxygen atoms in total. The minimum atomic E-state index is -0.281. The number of nitrogens with zero attached hydrogens (tertiary/aromatic N) is 1. The molecule has 146 valence electrons. The number of nitrogens with one attached hydrogen (secondary N) is 3. The Balaban J connectivity index is 0.00000338. The monoisotopic (exact) mass is 492 g/mol. The zero-order valence-electron chi connectivity index (χ0n) is 15.4. The van der Waals surface area contributed by atoms with Crippen LogP contribution in [-0.4, -0.2) is 53.7 Å². The number of thioether (sulfide) groups is 1. The first-order chi connectivity index (χ1) is 12.0. The van der Waals surface area contributed by atoms with Crippen LogP contribution in [0.2, 0.25) is 0 Å². The van der Waals surface area contributed by atoms with Gasteiger partial charge in [0, 0.05) is 24.4 Å². The molecule has 0 radical (unpaired) electrons. The maximum absolute atomic E-state index is 12.0. The van der Waals surface area contributed by atoms with Crippen molar-refractivity contribution in [2.75, 3.05) is 31.9 Å². The Morgan fingerprint density at radius 1 is 1.27 bits per heavy atom. The summed E-state index contributed by atoms with van der Waals surface area (Å²) in [5, 5.41) is 18.9. The fourth-order valence-electron chi connectivity index (χ4n) is 2.67. The molecule has 0 aliphatic carbocycles. The van der Waals surface area contributed by atoms with E-state index in [1.807, 2.05) is 18.7 Å². The van der Waals surface area contributed by atoms with Gasteiger partial charge < -0.3 is 21.1 Å². The van der Waals surface area contributed by atoms with E-state index in [9.17, 15) is 9.90 Å². The van der Waals surface area contributed by atoms with Gasteiger partial charge in [0.05, 0.1) is 12.1 Å². The molecule has 8 heteroatoms. The Morgan fingerprint density at radius 2 is 2.00 bits per heavy atom. The first kappa shape index (κ1) is 22.9. The molecule has 1 aliphatic heterocycles. The van der Waals surface area contributed by atoms with E-state index in [-0.39, 0.29) is 45.9 Å². The van der Waals surface area contributed by atoms with Crippen LogP contribution in [0.4, 0.5) is 0 Å². The molecule has 1 amide bonds. The number of benzene rings is 1. The van der Waals surface area contributed by atoms with E-state index in [1.54, 1.807) is 18.2 Å². The second-order valence-electron chi connectivity index (χ2n) is 6.30. The number of hydrogen-bond acceptors (Lipinski definition) is 4. The second kappa shape index (κ2) is 11.5. The van der Waals surface area contributed by atoms with Crippen molar-refractivity contribution in [2.24, 2.45) is 4.99 Å². The molecule has 0 bridgehead atoms. The highest BCUT2D eigenvalue weighted by Gasteiger charge is 2.29. The number of phenols is 1. The van der Waals surface area contributed by atoms with Crippen LogP contribution in [0.1, 0.15) is 37.0 Å². The number of halogens is 1. The minimum Gasteiger partial charge on any atom is -0.507 e. The van der Waals surface area contributed by atoms with Crippen LogP contribution in [-0.2, 0) is 0 Å². The summed E-state index contributed by atoms with van der Waals surface area (Å²) in [5.74, 6) is 1.70. The summed E-state index contributed by atoms with van der Waals surface area (Å²) in [7, 11) is 0. The van der Waals surface area contributed by atoms with Gasteiger partial charge >= 0.3 is 0 Å². The van der Waals surface area contributed by atoms with E-state index in [2.05, 4.69) is 27.9 Å². The highest BCUT2D eigenvalue weighted by molar-refractivity contribution is 14.0. The van der Waals surface area contributed by atoms with E-state index in [4.69, 9.17) is 0 Å². The smallest absolute Gasteiger partial charge is 0.255 e. The summed E-state index contributed by atoms with van der Waals surface area (Å²) in [6.07, 6.45) is 2.47. The van der Waals surface area contributed by atoms with Crippen molar-refractivity contribution >= 4 is 47.6 Å². The van der Waals surface area contributed by atoms with E-state index >= 15 is 0 Å². The molecule has 0 saturated carbocycles. The molecule has 1 saturated heterocycles. The number of carbonyl (C=O) groups excluding carboxylic acids is 1. The normalized spacial score (nSPS) is 19.5. The zero-order chi connectivity index (χ0) is 18.1. The predicted octanol–water partition coefficient (Wildman–Crippen LogP) is 2.58. The average Bonchev–Trinajstić information content (AvgIpc) is 3.03. The molecular formula is C18H29IN4O2S. The van der Waals surface area contributed by atoms with Crippen molar-refractivity contribution in [3.63, 3.8) is 0 Å². The standard InChI is InChI=1S/C18H28N4O2S.HI/c1-3-19-17(22-13-18(2)9-6-12-25-18)21-11-10-20-16(24)14-7-4-5-8-15(14)23;/h4-5,7-8,23H,3,6,9-13H2,1-2H3,(H,20,24)(H2,19,21,22);1H. The van der Waals surface area contributed by atoms with E-state index < -0.39 is 0 Å². The molecule has 1 aromatic carbocycles. The van der Waals surface area contributed by atoms with Crippen LogP contribution >= 0.6 is 35.7 Å². The summed E-state index contributed by atoms with van der Waals surface area (Å²) < 4.78 is 0.238. The third-order valence-corrected chi connectivity index (χ3v) is 5.59. The average molecular weight is 492 g/mol. The lowest BCUT2D eigenvalue weighted by atomic mass is 10.1. The topological polar surface area (TPSA) is 85.8 Å². The summed E-state index contributed by atoms with van der Waals surface area (Å²) in [6, 6.07) is 6.52. The van der Waals surface area contributed by atoms with Gasteiger partial charge in [-0.15, -0.1) is 24.0 Å². The number of carbonyl (C=O) groups is 1. The van der Waals surface area contributed by atoms with Gasteiger partial charge in [0.15, 0.2) is 5.96 Å². The fourth-order valence-corrected chi connectivity index (χ4v) is 3.89. The summed E-state index contributed by atoms with van der Waals surface area (Å²) in [4.78, 5) is 16.7. The number of aliphatic imine (C=N–C) groups is 1. The Labute approximate surface area is 177 Å². The van der Waals surface area contributed by atoms with Crippen molar-refractivity contribution in [1.29, 1.82) is 0 Å². The molecule has 1 heterocycles. The molecule has 1 aliphatic rings. The highest BCUT2D eigenvalue weighted by Crippen LogP contribution is 2.37. The van der Waals surface area contributed by atoms with Gasteiger partial charge in [0.25, 0.3) is 5.91 Å². The molecule has 2 rings (SSSR count). The highest BCUT2D eigenvalue weighted by atomic mass is 127. The van der Waals surface area contributed by atoms with E-state index in [1.165, 1.54) is 24.7 Å². The lowest BCUT2D eigenvalue weighted by molar-refractivity contribution is 0.0951. The second-order valence-corrected chi connectivity index (χ2v) is 7.98. The van der Waals surface area contributed by atoms with Crippen LogP contribution in [0, 0.1) is 0 Å². The molecule has 4 N–H and O–H groups in total. The number of phenolic OH excluding ortho intramolecular Hbond substituents is 1. The maximum atomic E-state index is 12.0. The zero-order valence-corrected chi connectivity index (χ0v) is 18.5. The number of aromatic hydroxyl groups is 1. The van der Waals surface area contributed by atoms with Gasteiger partial charge in [-0.05, 0) is 44.6 Å². The van der Waals surface area contributed by atoms with Crippen molar-refractivity contribution in [2.45, 2.75) is 31.4 Å². The van der Waals surface area contributed by atoms with Crippen molar-refractivity contribution in [3.8, 4) is 5.75 Å². The molecule has 0 aromatic heterocycles. The van der Waals surface area contributed by atoms with Crippen molar-refractivity contribution < 1.29 is 9.90 Å². The van der Waals surface area contributed by atoms with Gasteiger partial charge in [-0.25, -0.2) is 0 Å². The summed E-state index contributed by atoms with van der Waals surface area (Å²) in [5.41, 5.74) is 0.286. The van der Waals surface area contributed by atoms with Crippen LogP contribution in [0.3, 0.4) is 0 Å². The number of guanidine groups is 1. The Hall–Kier alpha value is -1.16. The minimum absolute atomic E-state index is 0. The maximum Gasteiger partial charge on any atom is 0.255 e. The van der Waals surface area contributed by atoms with Crippen molar-refractivity contribution in [3.05, 3.63) is 29.8 Å². The van der Waals surface area contributed by atoms with Crippen molar-refractivity contribution in [1.82, 2.24) is 16.0 Å². The third-order valence-electron chi connectivity index (χ3n) is 4.07. The number of hydrogen-bond donors (Lipinski definition) is 4. The fraction of sp³-hybridized carbons (Fsp3) is 0.556. The molecule has 0 spiro atoms. The van der Waals surface area contributed by atoms with Crippen LogP contribution in [0.25, 0.3) is 0 Å². The van der Waals surface area contributed by atoms with Crippen LogP contribution in [0.15, 0.2) is 29.3 Å². The quantitative estimate of drug-likeness (QED) is 0.204. The third kappa shape index (κ3) is 7.22. The molecule has 26 heavy (non-hydrogen) atoms. The van der Waals surface area contributed by atoms with E-state index in [0.29, 0.717) is 13.1 Å². The predicted molar refractivity (Wildman–Crippen MR) is 120 cm³/mol. The van der Waals surface area contributed by atoms with Gasteiger partial charge in [-0.2, -0.15) is 11.8 Å². The summed E-state index contributed by atoms with van der Waals surface area (Å²) >= 11 is 1.99. The van der Waals surface area contributed by atoms with Gasteiger partial charge in [0.2, 0.25) is 0 Å². The van der Waals surface area contributed by atoms with E-state index in [0.717, 1.165) is 19.0 Å². The lowest BCUT2D eigenvalue weighted by Gasteiger charge is -2.21. The van der Waals surface area contributed by atoms with Gasteiger partial charge in [-0.1, -0.05) is 12.1 Å². The number of para-hydroxylation sites is 1. The number of rotatable bonds is 7. The summed E-state index contributed by atoms with van der Waals surface area (Å²) in [6.45, 7) is 6.89. The molecule has 1 unspecified atom stereocenters. The van der Waals surface area contributed by atoms with Crippen LogP contribution in [0.5, 0.6) is 5.75 Å². The lowest BCUT2D eigenvalue weighted by Crippen LogP contribution is -2.42. The Kier molecular flexibility index (Phi) is 10.1. The first-order valence-electron chi connectivity index (χ1n) is 8.76. The first-order valence-corrected chi connectivity index (χ1v) is 9.75. The molecular weight excluding hydrogens is 463 g/mol. The molecule has 1 fully saturated rings. The van der Waals surface area contributed by atoms with Gasteiger partial charge in [0.1, 0.15) is 5.75 Å². The Morgan fingerprint density at radius 3 is 2.65 bits per heavy atom. The number of amides is 1. The Bertz CT molecular complexity index is 607. The molecule has 1 atom stereocenters. The SMILES string of the molecule is CCNC(=NCC1(C)CCCS1)NCCNC(=O)c1ccccc1O.I. The van der Waals surface area contributed by atoms with Crippen LogP contribution < -0.4 is 16.0 Å². The largest absolute Gasteiger partial charge is 0.507 e. The molecule has 1 aromatic rings.